The van der Waals surface area contributed by atoms with E-state index in [1.165, 1.54) is 16.7 Å². The molecule has 0 bridgehead atoms. The van der Waals surface area contributed by atoms with Crippen LogP contribution in [-0.4, -0.2) is 11.9 Å². The summed E-state index contributed by atoms with van der Waals surface area (Å²) in [6, 6.07) is 16.2. The van der Waals surface area contributed by atoms with Gasteiger partial charge in [0.15, 0.2) is 11.9 Å². The number of carbonyl (C=O) groups is 1. The van der Waals surface area contributed by atoms with Crippen LogP contribution in [-0.2, 0) is 9.53 Å². The standard InChI is InChI=1S/C24H26O3/c1-17-5-10-20(11-6-17)23-15-21(18(2)26-23)12-7-19-8-13-22(14-9-19)27-24(3,4)16-25/h5-14,16,23H,15H2,1-4H3/b12-7-. The number of benzene rings is 2. The van der Waals surface area contributed by atoms with Crippen LogP contribution in [0.4, 0.5) is 0 Å². The quantitative estimate of drug-likeness (QED) is 0.609. The van der Waals surface area contributed by atoms with E-state index >= 15 is 0 Å². The molecule has 1 aliphatic rings. The minimum absolute atomic E-state index is 0.0894. The third-order valence-corrected chi connectivity index (χ3v) is 4.65. The van der Waals surface area contributed by atoms with E-state index in [4.69, 9.17) is 9.47 Å². The van der Waals surface area contributed by atoms with E-state index in [1.807, 2.05) is 31.2 Å². The van der Waals surface area contributed by atoms with Crippen LogP contribution in [0, 0.1) is 6.92 Å². The lowest BCUT2D eigenvalue weighted by molar-refractivity contribution is -0.118. The average Bonchev–Trinajstić information content (AvgIpc) is 3.02. The van der Waals surface area contributed by atoms with Crippen molar-refractivity contribution in [2.45, 2.75) is 45.8 Å². The summed E-state index contributed by atoms with van der Waals surface area (Å²) in [5.41, 5.74) is 3.94. The minimum Gasteiger partial charge on any atom is -0.490 e. The minimum atomic E-state index is -0.814. The van der Waals surface area contributed by atoms with E-state index in [0.717, 1.165) is 24.0 Å². The number of hydrogen-bond donors (Lipinski definition) is 0. The Morgan fingerprint density at radius 1 is 1.00 bits per heavy atom. The molecule has 0 amide bonds. The maximum Gasteiger partial charge on any atom is 0.162 e. The highest BCUT2D eigenvalue weighted by molar-refractivity contribution is 5.62. The van der Waals surface area contributed by atoms with Crippen LogP contribution in [0.2, 0.25) is 0 Å². The second-order valence-electron chi connectivity index (χ2n) is 7.53. The number of rotatable bonds is 6. The highest BCUT2D eigenvalue weighted by Gasteiger charge is 2.23. The number of aryl methyl sites for hydroxylation is 1. The zero-order valence-corrected chi connectivity index (χ0v) is 16.4. The molecule has 1 atom stereocenters. The van der Waals surface area contributed by atoms with Gasteiger partial charge in [0.25, 0.3) is 0 Å². The van der Waals surface area contributed by atoms with E-state index in [0.29, 0.717) is 5.75 Å². The molecule has 1 heterocycles. The average molecular weight is 362 g/mol. The first-order valence-corrected chi connectivity index (χ1v) is 9.23. The van der Waals surface area contributed by atoms with Gasteiger partial charge in [-0.15, -0.1) is 0 Å². The Kier molecular flexibility index (Phi) is 5.50. The summed E-state index contributed by atoms with van der Waals surface area (Å²) in [6.45, 7) is 7.60. The van der Waals surface area contributed by atoms with E-state index < -0.39 is 5.60 Å². The molecule has 1 unspecified atom stereocenters. The molecule has 0 saturated heterocycles. The summed E-state index contributed by atoms with van der Waals surface area (Å²) < 4.78 is 11.7. The molecule has 1 aliphatic heterocycles. The molecule has 0 fully saturated rings. The molecule has 0 aromatic heterocycles. The van der Waals surface area contributed by atoms with Gasteiger partial charge in [-0.2, -0.15) is 0 Å². The van der Waals surface area contributed by atoms with Gasteiger partial charge < -0.3 is 9.47 Å². The molecule has 0 N–H and O–H groups in total. The predicted molar refractivity (Wildman–Crippen MR) is 109 cm³/mol. The summed E-state index contributed by atoms with van der Waals surface area (Å²) >= 11 is 0. The predicted octanol–water partition coefficient (Wildman–Crippen LogP) is 5.80. The van der Waals surface area contributed by atoms with Gasteiger partial charge in [0, 0.05) is 6.42 Å². The molecular weight excluding hydrogens is 336 g/mol. The Morgan fingerprint density at radius 3 is 2.30 bits per heavy atom. The number of ether oxygens (including phenoxy) is 2. The van der Waals surface area contributed by atoms with Crippen LogP contribution in [0.3, 0.4) is 0 Å². The fourth-order valence-electron chi connectivity index (χ4n) is 3.00. The Morgan fingerprint density at radius 2 is 1.67 bits per heavy atom. The van der Waals surface area contributed by atoms with Crippen LogP contribution in [0.15, 0.2) is 65.9 Å². The molecule has 2 aromatic carbocycles. The summed E-state index contributed by atoms with van der Waals surface area (Å²) in [6.07, 6.45) is 5.97. The van der Waals surface area contributed by atoms with Crippen molar-refractivity contribution in [2.75, 3.05) is 0 Å². The van der Waals surface area contributed by atoms with E-state index in [2.05, 4.69) is 43.3 Å². The summed E-state index contributed by atoms with van der Waals surface area (Å²) in [5, 5.41) is 0. The van der Waals surface area contributed by atoms with Crippen molar-refractivity contribution in [3.63, 3.8) is 0 Å². The highest BCUT2D eigenvalue weighted by atomic mass is 16.5. The van der Waals surface area contributed by atoms with Crippen molar-refractivity contribution in [3.8, 4) is 5.75 Å². The van der Waals surface area contributed by atoms with Crippen LogP contribution < -0.4 is 4.74 Å². The molecular formula is C24H26O3. The van der Waals surface area contributed by atoms with Gasteiger partial charge in [-0.25, -0.2) is 0 Å². The number of allylic oxidation sites excluding steroid dienone is 2. The molecule has 0 spiro atoms. The molecule has 2 aromatic rings. The van der Waals surface area contributed by atoms with Gasteiger partial charge in [0.05, 0.1) is 5.76 Å². The molecule has 0 aliphatic carbocycles. The molecule has 27 heavy (non-hydrogen) atoms. The Labute approximate surface area is 161 Å². The monoisotopic (exact) mass is 362 g/mol. The Hall–Kier alpha value is -2.81. The highest BCUT2D eigenvalue weighted by Crippen LogP contribution is 2.36. The van der Waals surface area contributed by atoms with Crippen LogP contribution in [0.5, 0.6) is 5.75 Å². The van der Waals surface area contributed by atoms with Crippen molar-refractivity contribution in [1.29, 1.82) is 0 Å². The van der Waals surface area contributed by atoms with Gasteiger partial charge in [-0.3, -0.25) is 4.79 Å². The van der Waals surface area contributed by atoms with Crippen molar-refractivity contribution < 1.29 is 14.3 Å². The fraction of sp³-hybridized carbons (Fsp3) is 0.292. The SMILES string of the molecule is CC1=C(/C=C\c2ccc(OC(C)(C)C=O)cc2)CC(c2ccc(C)cc2)O1. The van der Waals surface area contributed by atoms with Gasteiger partial charge in [-0.05, 0) is 56.5 Å². The van der Waals surface area contributed by atoms with Crippen LogP contribution in [0.25, 0.3) is 6.08 Å². The zero-order valence-electron chi connectivity index (χ0n) is 16.4. The lowest BCUT2D eigenvalue weighted by Gasteiger charge is -2.19. The topological polar surface area (TPSA) is 35.5 Å². The third-order valence-electron chi connectivity index (χ3n) is 4.65. The van der Waals surface area contributed by atoms with Gasteiger partial charge in [-0.1, -0.05) is 54.1 Å². The van der Waals surface area contributed by atoms with E-state index in [9.17, 15) is 4.79 Å². The summed E-state index contributed by atoms with van der Waals surface area (Å²) in [4.78, 5) is 11.0. The first kappa shape index (κ1) is 19.0. The Balaban J connectivity index is 1.64. The van der Waals surface area contributed by atoms with Gasteiger partial charge >= 0.3 is 0 Å². The summed E-state index contributed by atoms with van der Waals surface area (Å²) in [7, 11) is 0. The normalized spacial score (nSPS) is 17.3. The second-order valence-corrected chi connectivity index (χ2v) is 7.53. The number of carbonyl (C=O) groups excluding carboxylic acids is 1. The first-order chi connectivity index (χ1) is 12.9. The smallest absolute Gasteiger partial charge is 0.162 e. The lowest BCUT2D eigenvalue weighted by atomic mass is 10.0. The molecule has 140 valence electrons. The fourth-order valence-corrected chi connectivity index (χ4v) is 3.00. The molecule has 0 saturated carbocycles. The van der Waals surface area contributed by atoms with Gasteiger partial charge in [0.1, 0.15) is 11.9 Å². The van der Waals surface area contributed by atoms with E-state index in [-0.39, 0.29) is 6.10 Å². The van der Waals surface area contributed by atoms with Gasteiger partial charge in [0.2, 0.25) is 0 Å². The van der Waals surface area contributed by atoms with Crippen molar-refractivity contribution >= 4 is 12.4 Å². The Bertz CT molecular complexity index is 856. The van der Waals surface area contributed by atoms with E-state index in [1.54, 1.807) is 13.8 Å². The number of hydrogen-bond acceptors (Lipinski definition) is 3. The van der Waals surface area contributed by atoms with Crippen molar-refractivity contribution in [1.82, 2.24) is 0 Å². The largest absolute Gasteiger partial charge is 0.490 e. The van der Waals surface area contributed by atoms with Crippen LogP contribution >= 0.6 is 0 Å². The molecule has 3 rings (SSSR count). The first-order valence-electron chi connectivity index (χ1n) is 9.23. The molecule has 0 radical (unpaired) electrons. The maximum absolute atomic E-state index is 11.0. The zero-order chi connectivity index (χ0) is 19.4. The van der Waals surface area contributed by atoms with Crippen molar-refractivity contribution in [3.05, 3.63) is 82.6 Å². The van der Waals surface area contributed by atoms with Crippen molar-refractivity contribution in [2.24, 2.45) is 0 Å². The number of aldehydes is 1. The molecule has 3 nitrogen and oxygen atoms in total. The molecule has 3 heteroatoms. The van der Waals surface area contributed by atoms with Crippen LogP contribution in [0.1, 0.15) is 50.0 Å². The maximum atomic E-state index is 11.0. The second kappa shape index (κ2) is 7.83. The lowest BCUT2D eigenvalue weighted by Crippen LogP contribution is -2.29. The summed E-state index contributed by atoms with van der Waals surface area (Å²) in [5.74, 6) is 1.66. The third kappa shape index (κ3) is 4.88.